The van der Waals surface area contributed by atoms with E-state index in [1.54, 1.807) is 19.3 Å². The van der Waals surface area contributed by atoms with Gasteiger partial charge in [0.1, 0.15) is 0 Å². The van der Waals surface area contributed by atoms with Gasteiger partial charge in [-0.1, -0.05) is 0 Å². The summed E-state index contributed by atoms with van der Waals surface area (Å²) in [5, 5.41) is 14.9. The van der Waals surface area contributed by atoms with Crippen molar-refractivity contribution in [1.29, 1.82) is 0 Å². The first kappa shape index (κ1) is 15.1. The summed E-state index contributed by atoms with van der Waals surface area (Å²) in [6, 6.07) is 1.16. The number of nitrogens with zero attached hydrogens (tertiary/aromatic N) is 1. The number of aryl methyl sites for hydroxylation is 1. The lowest BCUT2D eigenvalue weighted by molar-refractivity contribution is 0.159. The number of urea groups is 1. The lowest BCUT2D eigenvalue weighted by Crippen LogP contribution is -2.52. The first-order valence-electron chi connectivity index (χ1n) is 6.42. The Balaban J connectivity index is 2.06. The average Bonchev–Trinajstić information content (AvgIpc) is 3.20. The van der Waals surface area contributed by atoms with Gasteiger partial charge in [-0.3, -0.25) is 4.79 Å². The number of nitrogens with one attached hydrogen (secondary N) is 2. The molecule has 7 heteroatoms. The minimum Gasteiger partial charge on any atom is -0.394 e. The molecule has 1 aliphatic carbocycles. The molecule has 1 saturated carbocycles. The van der Waals surface area contributed by atoms with Crippen LogP contribution < -0.4 is 16.2 Å². The van der Waals surface area contributed by atoms with Crippen molar-refractivity contribution in [3.05, 3.63) is 27.1 Å². The van der Waals surface area contributed by atoms with Gasteiger partial charge in [0, 0.05) is 13.2 Å². The molecule has 110 valence electrons. The summed E-state index contributed by atoms with van der Waals surface area (Å²) in [5.74, 6) is 0.324. The highest BCUT2D eigenvalue weighted by molar-refractivity contribution is 9.10. The molecule has 1 aliphatic rings. The fourth-order valence-electron chi connectivity index (χ4n) is 2.15. The third-order valence-corrected chi connectivity index (χ3v) is 4.17. The number of carbonyl (C=O) groups excluding carboxylic acids is 1. The Kier molecular flexibility index (Phi) is 4.19. The Morgan fingerprint density at radius 2 is 2.25 bits per heavy atom. The van der Waals surface area contributed by atoms with E-state index in [1.807, 2.05) is 6.92 Å². The summed E-state index contributed by atoms with van der Waals surface area (Å²) in [6.07, 6.45) is 3.57. The number of anilines is 1. The number of carbonyl (C=O) groups is 1. The van der Waals surface area contributed by atoms with Crippen LogP contribution in [0.5, 0.6) is 0 Å². The smallest absolute Gasteiger partial charge is 0.319 e. The number of hydrogen-bond donors (Lipinski definition) is 3. The highest BCUT2D eigenvalue weighted by Crippen LogP contribution is 2.39. The molecule has 1 aromatic heterocycles. The van der Waals surface area contributed by atoms with E-state index < -0.39 is 5.54 Å². The van der Waals surface area contributed by atoms with Gasteiger partial charge in [-0.2, -0.15) is 0 Å². The number of pyridine rings is 1. The van der Waals surface area contributed by atoms with E-state index in [0.29, 0.717) is 16.1 Å². The zero-order valence-corrected chi connectivity index (χ0v) is 13.0. The molecule has 0 spiro atoms. The van der Waals surface area contributed by atoms with Gasteiger partial charge in [-0.25, -0.2) is 4.79 Å². The molecule has 0 radical (unpaired) electrons. The lowest BCUT2D eigenvalue weighted by atomic mass is 9.97. The quantitative estimate of drug-likeness (QED) is 0.773. The van der Waals surface area contributed by atoms with E-state index in [2.05, 4.69) is 26.6 Å². The maximum Gasteiger partial charge on any atom is 0.319 e. The monoisotopic (exact) mass is 343 g/mol. The van der Waals surface area contributed by atoms with Crippen molar-refractivity contribution in [1.82, 2.24) is 9.88 Å². The Morgan fingerprint density at radius 3 is 2.75 bits per heavy atom. The Bertz CT molecular complexity index is 556. The minimum absolute atomic E-state index is 0.0952. The predicted octanol–water partition coefficient (Wildman–Crippen LogP) is 1.43. The minimum atomic E-state index is -0.595. The third-order valence-electron chi connectivity index (χ3n) is 3.60. The van der Waals surface area contributed by atoms with Crippen molar-refractivity contribution in [2.75, 3.05) is 11.9 Å². The normalized spacial score (nSPS) is 17.4. The summed E-state index contributed by atoms with van der Waals surface area (Å²) in [6.45, 7) is 1.74. The van der Waals surface area contributed by atoms with E-state index in [-0.39, 0.29) is 18.2 Å². The van der Waals surface area contributed by atoms with Gasteiger partial charge in [0.05, 0.1) is 22.3 Å². The second-order valence-electron chi connectivity index (χ2n) is 5.42. The zero-order chi connectivity index (χ0) is 14.9. The second-order valence-corrected chi connectivity index (χ2v) is 6.28. The molecule has 0 aromatic carbocycles. The van der Waals surface area contributed by atoms with Crippen LogP contribution in [-0.4, -0.2) is 27.9 Å². The van der Waals surface area contributed by atoms with Crippen LogP contribution >= 0.6 is 15.9 Å². The van der Waals surface area contributed by atoms with E-state index in [4.69, 9.17) is 0 Å². The molecule has 2 amide bonds. The number of aliphatic hydroxyl groups excluding tert-OH is 1. The van der Waals surface area contributed by atoms with Gasteiger partial charge >= 0.3 is 6.03 Å². The predicted molar refractivity (Wildman–Crippen MR) is 79.8 cm³/mol. The summed E-state index contributed by atoms with van der Waals surface area (Å²) in [4.78, 5) is 23.5. The first-order chi connectivity index (χ1) is 9.35. The van der Waals surface area contributed by atoms with Gasteiger partial charge in [0.2, 0.25) is 0 Å². The van der Waals surface area contributed by atoms with Crippen molar-refractivity contribution in [2.45, 2.75) is 25.3 Å². The van der Waals surface area contributed by atoms with Crippen LogP contribution in [0, 0.1) is 5.92 Å². The van der Waals surface area contributed by atoms with Crippen LogP contribution in [0.4, 0.5) is 10.5 Å². The molecule has 0 bridgehead atoms. The second kappa shape index (κ2) is 5.57. The molecule has 20 heavy (non-hydrogen) atoms. The lowest BCUT2D eigenvalue weighted by Gasteiger charge is -2.28. The number of amides is 2. The summed E-state index contributed by atoms with van der Waals surface area (Å²) >= 11 is 3.15. The van der Waals surface area contributed by atoms with Gasteiger partial charge in [-0.05, 0) is 47.7 Å². The van der Waals surface area contributed by atoms with Crippen molar-refractivity contribution >= 4 is 27.6 Å². The summed E-state index contributed by atoms with van der Waals surface area (Å²) in [5.41, 5.74) is -0.260. The maximum atomic E-state index is 12.0. The van der Waals surface area contributed by atoms with E-state index in [9.17, 15) is 14.7 Å². The van der Waals surface area contributed by atoms with Gasteiger partial charge in [0.25, 0.3) is 5.56 Å². The molecule has 6 nitrogen and oxygen atoms in total. The Labute approximate surface area is 125 Å². The van der Waals surface area contributed by atoms with Crippen LogP contribution in [0.2, 0.25) is 0 Å². The van der Waals surface area contributed by atoms with Crippen molar-refractivity contribution in [2.24, 2.45) is 13.0 Å². The van der Waals surface area contributed by atoms with Crippen LogP contribution in [0.15, 0.2) is 21.5 Å². The van der Waals surface area contributed by atoms with E-state index in [0.717, 1.165) is 12.8 Å². The highest BCUT2D eigenvalue weighted by Gasteiger charge is 2.42. The number of aliphatic hydroxyl groups is 1. The molecule has 3 N–H and O–H groups in total. The highest BCUT2D eigenvalue weighted by atomic mass is 79.9. The van der Waals surface area contributed by atoms with Crippen LogP contribution in [0.1, 0.15) is 19.8 Å². The molecule has 0 aliphatic heterocycles. The van der Waals surface area contributed by atoms with Crippen LogP contribution in [0.3, 0.4) is 0 Å². The molecule has 1 fully saturated rings. The Hall–Kier alpha value is -1.34. The molecule has 1 unspecified atom stereocenters. The van der Waals surface area contributed by atoms with Crippen molar-refractivity contribution in [3.8, 4) is 0 Å². The number of hydrogen-bond acceptors (Lipinski definition) is 3. The maximum absolute atomic E-state index is 12.0. The van der Waals surface area contributed by atoms with Crippen molar-refractivity contribution in [3.63, 3.8) is 0 Å². The standard InChI is InChI=1S/C13H18BrN3O3/c1-13(7-18,8-3-4-8)16-12(20)15-9-5-10(14)11(19)17(2)6-9/h5-6,8,18H,3-4,7H2,1-2H3,(H2,15,16,20). The van der Waals surface area contributed by atoms with Crippen LogP contribution in [-0.2, 0) is 7.05 Å². The van der Waals surface area contributed by atoms with Gasteiger partial charge < -0.3 is 20.3 Å². The fraction of sp³-hybridized carbons (Fsp3) is 0.538. The Morgan fingerprint density at radius 1 is 1.60 bits per heavy atom. The molecular weight excluding hydrogens is 326 g/mol. The van der Waals surface area contributed by atoms with Crippen molar-refractivity contribution < 1.29 is 9.90 Å². The molecular formula is C13H18BrN3O3. The molecule has 2 rings (SSSR count). The zero-order valence-electron chi connectivity index (χ0n) is 11.4. The SMILES string of the molecule is Cn1cc(NC(=O)NC(C)(CO)C2CC2)cc(Br)c1=O. The summed E-state index contributed by atoms with van der Waals surface area (Å²) in [7, 11) is 1.61. The largest absolute Gasteiger partial charge is 0.394 e. The van der Waals surface area contributed by atoms with E-state index in [1.165, 1.54) is 4.57 Å². The summed E-state index contributed by atoms with van der Waals surface area (Å²) < 4.78 is 1.76. The van der Waals surface area contributed by atoms with Gasteiger partial charge in [0.15, 0.2) is 0 Å². The molecule has 0 saturated heterocycles. The van der Waals surface area contributed by atoms with E-state index >= 15 is 0 Å². The number of halogens is 1. The number of aromatic nitrogens is 1. The number of rotatable bonds is 4. The van der Waals surface area contributed by atoms with Crippen LogP contribution in [0.25, 0.3) is 0 Å². The molecule has 1 atom stereocenters. The third kappa shape index (κ3) is 3.21. The molecule has 1 heterocycles. The fourth-order valence-corrected chi connectivity index (χ4v) is 2.68. The molecule has 1 aromatic rings. The van der Waals surface area contributed by atoms with Gasteiger partial charge in [-0.15, -0.1) is 0 Å². The average molecular weight is 344 g/mol. The first-order valence-corrected chi connectivity index (χ1v) is 7.21. The topological polar surface area (TPSA) is 83.4 Å².